The highest BCUT2D eigenvalue weighted by Crippen LogP contribution is 2.31. The van der Waals surface area contributed by atoms with E-state index in [0.717, 1.165) is 27.5 Å². The lowest BCUT2D eigenvalue weighted by atomic mass is 10.1. The van der Waals surface area contributed by atoms with Crippen LogP contribution in [0.1, 0.15) is 24.1 Å². The molecule has 0 saturated heterocycles. The largest absolute Gasteiger partial charge is 0.398 e. The van der Waals surface area contributed by atoms with Crippen molar-refractivity contribution in [1.82, 2.24) is 0 Å². The number of rotatable bonds is 3. The number of nitrogen functional groups attached to an aromatic ring is 1. The highest BCUT2D eigenvalue weighted by atomic mass is 35.5. The van der Waals surface area contributed by atoms with Gasteiger partial charge in [0.1, 0.15) is 0 Å². The minimum Gasteiger partial charge on any atom is -0.398 e. The van der Waals surface area contributed by atoms with Crippen LogP contribution in [0, 0.1) is 6.92 Å². The second-order valence-corrected chi connectivity index (χ2v) is 5.26. The first-order valence-electron chi connectivity index (χ1n) is 6.34. The third kappa shape index (κ3) is 2.85. The molecule has 0 heterocycles. The second-order valence-electron chi connectivity index (χ2n) is 4.85. The normalized spacial score (nSPS) is 12.2. The Morgan fingerprint density at radius 3 is 2.47 bits per heavy atom. The molecular weight excluding hydrogens is 256 g/mol. The minimum atomic E-state index is 0.191. The summed E-state index contributed by atoms with van der Waals surface area (Å²) in [7, 11) is 2.05. The van der Waals surface area contributed by atoms with Crippen molar-refractivity contribution >= 4 is 23.0 Å². The zero-order chi connectivity index (χ0) is 14.0. The highest BCUT2D eigenvalue weighted by Gasteiger charge is 2.15. The fraction of sp³-hybridized carbons (Fsp3) is 0.250. The van der Waals surface area contributed by atoms with E-state index in [1.54, 1.807) is 0 Å². The van der Waals surface area contributed by atoms with E-state index in [9.17, 15) is 0 Å². The van der Waals surface area contributed by atoms with Gasteiger partial charge in [0.05, 0.1) is 6.04 Å². The Morgan fingerprint density at radius 1 is 1.16 bits per heavy atom. The second kappa shape index (κ2) is 5.54. The summed E-state index contributed by atoms with van der Waals surface area (Å²) in [6, 6.07) is 14.3. The Labute approximate surface area is 119 Å². The Balaban J connectivity index is 2.31. The van der Waals surface area contributed by atoms with E-state index in [4.69, 9.17) is 17.3 Å². The van der Waals surface area contributed by atoms with Gasteiger partial charge in [0.15, 0.2) is 0 Å². The van der Waals surface area contributed by atoms with Crippen molar-refractivity contribution in [2.45, 2.75) is 19.9 Å². The van der Waals surface area contributed by atoms with Crippen LogP contribution in [0.3, 0.4) is 0 Å². The van der Waals surface area contributed by atoms with Crippen LogP contribution >= 0.6 is 11.6 Å². The van der Waals surface area contributed by atoms with Crippen molar-refractivity contribution in [3.8, 4) is 0 Å². The maximum Gasteiger partial charge on any atom is 0.0525 e. The van der Waals surface area contributed by atoms with E-state index in [1.165, 1.54) is 0 Å². The number of benzene rings is 2. The number of nitrogens with zero attached hydrogens (tertiary/aromatic N) is 1. The van der Waals surface area contributed by atoms with E-state index in [2.05, 4.69) is 31.0 Å². The molecule has 2 aromatic rings. The standard InChI is InChI=1S/C16H19ClN2/c1-11-8-9-13(10-16(11)18)19(3)12(2)14-6-4-5-7-15(14)17/h4-10,12H,18H2,1-3H3. The van der Waals surface area contributed by atoms with Gasteiger partial charge in [-0.2, -0.15) is 0 Å². The molecule has 1 unspecified atom stereocenters. The summed E-state index contributed by atoms with van der Waals surface area (Å²) in [5.74, 6) is 0. The quantitative estimate of drug-likeness (QED) is 0.839. The zero-order valence-electron chi connectivity index (χ0n) is 11.5. The third-order valence-electron chi connectivity index (χ3n) is 3.61. The molecule has 1 atom stereocenters. The summed E-state index contributed by atoms with van der Waals surface area (Å²) in [5.41, 5.74) is 10.1. The third-order valence-corrected chi connectivity index (χ3v) is 3.95. The minimum absolute atomic E-state index is 0.191. The predicted molar refractivity (Wildman–Crippen MR) is 83.9 cm³/mol. The van der Waals surface area contributed by atoms with Gasteiger partial charge in [-0.1, -0.05) is 35.9 Å². The van der Waals surface area contributed by atoms with Crippen molar-refractivity contribution in [1.29, 1.82) is 0 Å². The van der Waals surface area contributed by atoms with E-state index in [-0.39, 0.29) is 6.04 Å². The van der Waals surface area contributed by atoms with Gasteiger partial charge in [-0.25, -0.2) is 0 Å². The lowest BCUT2D eigenvalue weighted by Crippen LogP contribution is -2.22. The average Bonchev–Trinajstić information content (AvgIpc) is 2.41. The molecule has 0 aromatic heterocycles. The number of hydrogen-bond acceptors (Lipinski definition) is 2. The molecule has 2 N–H and O–H groups in total. The summed E-state index contributed by atoms with van der Waals surface area (Å²) in [4.78, 5) is 2.18. The molecule has 3 heteroatoms. The molecule has 0 bridgehead atoms. The summed E-state index contributed by atoms with van der Waals surface area (Å²) in [6.45, 7) is 4.15. The lowest BCUT2D eigenvalue weighted by molar-refractivity contribution is 0.740. The monoisotopic (exact) mass is 274 g/mol. The van der Waals surface area contributed by atoms with Crippen LogP contribution in [0.5, 0.6) is 0 Å². The first-order valence-corrected chi connectivity index (χ1v) is 6.72. The number of aryl methyl sites for hydroxylation is 1. The van der Waals surface area contributed by atoms with Crippen molar-refractivity contribution in [3.63, 3.8) is 0 Å². The molecule has 0 saturated carbocycles. The number of halogens is 1. The summed E-state index contributed by atoms with van der Waals surface area (Å²) in [6.07, 6.45) is 0. The van der Waals surface area contributed by atoms with Crippen LogP contribution in [-0.4, -0.2) is 7.05 Å². The molecular formula is C16H19ClN2. The van der Waals surface area contributed by atoms with Crippen molar-refractivity contribution in [3.05, 3.63) is 58.6 Å². The fourth-order valence-corrected chi connectivity index (χ4v) is 2.39. The SMILES string of the molecule is Cc1ccc(N(C)C(C)c2ccccc2Cl)cc1N. The highest BCUT2D eigenvalue weighted by molar-refractivity contribution is 6.31. The van der Waals surface area contributed by atoms with Crippen LogP contribution in [0.25, 0.3) is 0 Å². The smallest absolute Gasteiger partial charge is 0.0525 e. The molecule has 100 valence electrons. The topological polar surface area (TPSA) is 29.3 Å². The molecule has 0 radical (unpaired) electrons. The number of nitrogens with two attached hydrogens (primary N) is 1. The van der Waals surface area contributed by atoms with Crippen LogP contribution in [0.2, 0.25) is 5.02 Å². The summed E-state index contributed by atoms with van der Waals surface area (Å²) < 4.78 is 0. The molecule has 0 amide bonds. The predicted octanol–water partition coefficient (Wildman–Crippen LogP) is 4.43. The van der Waals surface area contributed by atoms with Gasteiger partial charge < -0.3 is 10.6 Å². The van der Waals surface area contributed by atoms with Crippen LogP contribution in [0.15, 0.2) is 42.5 Å². The van der Waals surface area contributed by atoms with Gasteiger partial charge in [-0.15, -0.1) is 0 Å². The maximum atomic E-state index is 6.26. The Kier molecular flexibility index (Phi) is 4.01. The van der Waals surface area contributed by atoms with Gasteiger partial charge in [0.25, 0.3) is 0 Å². The first-order chi connectivity index (χ1) is 9.00. The van der Waals surface area contributed by atoms with E-state index >= 15 is 0 Å². The van der Waals surface area contributed by atoms with Gasteiger partial charge in [0.2, 0.25) is 0 Å². The van der Waals surface area contributed by atoms with E-state index < -0.39 is 0 Å². The van der Waals surface area contributed by atoms with Gasteiger partial charge in [0, 0.05) is 23.4 Å². The lowest BCUT2D eigenvalue weighted by Gasteiger charge is -2.28. The number of anilines is 2. The molecule has 0 fully saturated rings. The average molecular weight is 275 g/mol. The molecule has 0 aliphatic rings. The van der Waals surface area contributed by atoms with Crippen molar-refractivity contribution in [2.75, 3.05) is 17.7 Å². The maximum absolute atomic E-state index is 6.26. The van der Waals surface area contributed by atoms with E-state index in [0.29, 0.717) is 0 Å². The van der Waals surface area contributed by atoms with Gasteiger partial charge >= 0.3 is 0 Å². The Morgan fingerprint density at radius 2 is 1.84 bits per heavy atom. The van der Waals surface area contributed by atoms with Crippen LogP contribution in [-0.2, 0) is 0 Å². The molecule has 2 rings (SSSR count). The molecule has 19 heavy (non-hydrogen) atoms. The molecule has 2 aromatic carbocycles. The Hall–Kier alpha value is -1.67. The molecule has 2 nitrogen and oxygen atoms in total. The van der Waals surface area contributed by atoms with Gasteiger partial charge in [-0.3, -0.25) is 0 Å². The van der Waals surface area contributed by atoms with Crippen LogP contribution in [0.4, 0.5) is 11.4 Å². The molecule has 0 aliphatic carbocycles. The Bertz CT molecular complexity index is 581. The zero-order valence-corrected chi connectivity index (χ0v) is 12.3. The van der Waals surface area contributed by atoms with E-state index in [1.807, 2.05) is 37.3 Å². The first kappa shape index (κ1) is 13.8. The summed E-state index contributed by atoms with van der Waals surface area (Å²) >= 11 is 6.26. The van der Waals surface area contributed by atoms with Crippen LogP contribution < -0.4 is 10.6 Å². The molecule has 0 aliphatic heterocycles. The van der Waals surface area contributed by atoms with Crippen molar-refractivity contribution < 1.29 is 0 Å². The molecule has 0 spiro atoms. The summed E-state index contributed by atoms with van der Waals surface area (Å²) in [5, 5.41) is 0.793. The van der Waals surface area contributed by atoms with Crippen molar-refractivity contribution in [2.24, 2.45) is 0 Å². The number of hydrogen-bond donors (Lipinski definition) is 1. The fourth-order valence-electron chi connectivity index (χ4n) is 2.09. The van der Waals surface area contributed by atoms with Gasteiger partial charge in [-0.05, 0) is 43.2 Å².